The van der Waals surface area contributed by atoms with E-state index in [0.29, 0.717) is 12.2 Å². The first-order valence-electron chi connectivity index (χ1n) is 9.96. The van der Waals surface area contributed by atoms with Crippen molar-refractivity contribution >= 4 is 23.4 Å². The number of carbonyl (C=O) groups is 1. The molecule has 33 heavy (non-hydrogen) atoms. The Morgan fingerprint density at radius 3 is 2.42 bits per heavy atom. The number of halogens is 3. The minimum Gasteiger partial charge on any atom is -0.497 e. The Labute approximate surface area is 192 Å². The average Bonchev–Trinajstić information content (AvgIpc) is 3.42. The number of methoxy groups -OCH3 is 1. The highest BCUT2D eigenvalue weighted by Crippen LogP contribution is 2.35. The van der Waals surface area contributed by atoms with Gasteiger partial charge in [-0.25, -0.2) is 5.01 Å². The number of ether oxygens (including phenoxy) is 1. The Morgan fingerprint density at radius 1 is 1.12 bits per heavy atom. The number of benzene rings is 2. The van der Waals surface area contributed by atoms with Crippen LogP contribution in [-0.4, -0.2) is 44.3 Å². The molecule has 0 fully saturated rings. The van der Waals surface area contributed by atoms with Crippen LogP contribution in [-0.2, 0) is 18.0 Å². The largest absolute Gasteiger partial charge is 0.497 e. The van der Waals surface area contributed by atoms with Gasteiger partial charge >= 0.3 is 6.18 Å². The highest BCUT2D eigenvalue weighted by atomic mass is 32.2. The van der Waals surface area contributed by atoms with Gasteiger partial charge in [-0.2, -0.15) is 18.3 Å². The zero-order valence-corrected chi connectivity index (χ0v) is 18.6. The molecule has 0 spiro atoms. The van der Waals surface area contributed by atoms with E-state index in [1.165, 1.54) is 12.1 Å². The van der Waals surface area contributed by atoms with Crippen LogP contribution in [0.25, 0.3) is 0 Å². The van der Waals surface area contributed by atoms with Crippen LogP contribution in [0.1, 0.15) is 29.4 Å². The number of thioether (sulfide) groups is 1. The topological polar surface area (TPSA) is 72.6 Å². The molecule has 11 heteroatoms. The Bertz CT molecular complexity index is 1160. The number of amides is 1. The third-order valence-electron chi connectivity index (χ3n) is 5.19. The van der Waals surface area contributed by atoms with Gasteiger partial charge < -0.3 is 9.30 Å². The maximum Gasteiger partial charge on any atom is 0.451 e. The first kappa shape index (κ1) is 22.8. The van der Waals surface area contributed by atoms with Gasteiger partial charge in [-0.15, -0.1) is 10.2 Å². The lowest BCUT2D eigenvalue weighted by Crippen LogP contribution is -2.28. The van der Waals surface area contributed by atoms with Crippen molar-refractivity contribution in [2.45, 2.75) is 23.8 Å². The maximum absolute atomic E-state index is 13.1. The van der Waals surface area contributed by atoms with Gasteiger partial charge in [0, 0.05) is 13.5 Å². The van der Waals surface area contributed by atoms with Gasteiger partial charge in [0.25, 0.3) is 5.91 Å². The molecule has 1 atom stereocenters. The van der Waals surface area contributed by atoms with Gasteiger partial charge in [-0.3, -0.25) is 4.79 Å². The van der Waals surface area contributed by atoms with E-state index in [-0.39, 0.29) is 22.9 Å². The number of hydrogen-bond acceptors (Lipinski definition) is 6. The van der Waals surface area contributed by atoms with Gasteiger partial charge in [-0.05, 0) is 23.3 Å². The number of nitrogens with zero attached hydrogens (tertiary/aromatic N) is 5. The number of hydrazone groups is 1. The van der Waals surface area contributed by atoms with Crippen molar-refractivity contribution in [3.8, 4) is 5.75 Å². The lowest BCUT2D eigenvalue weighted by atomic mass is 9.98. The van der Waals surface area contributed by atoms with Crippen LogP contribution in [0.2, 0.25) is 0 Å². The van der Waals surface area contributed by atoms with Crippen LogP contribution < -0.4 is 4.74 Å². The fourth-order valence-electron chi connectivity index (χ4n) is 3.51. The second kappa shape index (κ2) is 9.26. The van der Waals surface area contributed by atoms with Crippen molar-refractivity contribution in [1.82, 2.24) is 19.8 Å². The monoisotopic (exact) mass is 475 g/mol. The third-order valence-corrected chi connectivity index (χ3v) is 6.19. The Morgan fingerprint density at radius 2 is 1.82 bits per heavy atom. The molecular formula is C22H20F3N5O2S. The molecule has 2 aromatic carbocycles. The third kappa shape index (κ3) is 4.87. The summed E-state index contributed by atoms with van der Waals surface area (Å²) in [7, 11) is 2.79. The van der Waals surface area contributed by atoms with E-state index in [4.69, 9.17) is 4.74 Å². The number of aromatic nitrogens is 3. The van der Waals surface area contributed by atoms with E-state index in [1.807, 2.05) is 54.6 Å². The molecule has 0 N–H and O–H groups in total. The molecule has 172 valence electrons. The fourth-order valence-corrected chi connectivity index (χ4v) is 4.27. The summed E-state index contributed by atoms with van der Waals surface area (Å²) in [4.78, 5) is 13.1. The van der Waals surface area contributed by atoms with Crippen LogP contribution in [0.5, 0.6) is 5.75 Å². The molecule has 1 aliphatic heterocycles. The lowest BCUT2D eigenvalue weighted by molar-refractivity contribution is -0.147. The molecule has 1 amide bonds. The van der Waals surface area contributed by atoms with Crippen LogP contribution in [0.15, 0.2) is 64.9 Å². The van der Waals surface area contributed by atoms with Crippen LogP contribution in [0.3, 0.4) is 0 Å². The molecular weight excluding hydrogens is 455 g/mol. The first-order valence-corrected chi connectivity index (χ1v) is 10.9. The highest BCUT2D eigenvalue weighted by Gasteiger charge is 2.38. The summed E-state index contributed by atoms with van der Waals surface area (Å²) in [6.07, 6.45) is -4.11. The van der Waals surface area contributed by atoms with E-state index in [1.54, 1.807) is 7.11 Å². The number of rotatable bonds is 6. The van der Waals surface area contributed by atoms with E-state index >= 15 is 0 Å². The Kier molecular flexibility index (Phi) is 6.41. The molecule has 1 aliphatic rings. The predicted molar refractivity (Wildman–Crippen MR) is 117 cm³/mol. The quantitative estimate of drug-likeness (QED) is 0.497. The summed E-state index contributed by atoms with van der Waals surface area (Å²) in [5, 5.41) is 12.7. The highest BCUT2D eigenvalue weighted by molar-refractivity contribution is 7.99. The molecule has 1 unspecified atom stereocenters. The van der Waals surface area contributed by atoms with Crippen molar-refractivity contribution in [2.75, 3.05) is 12.9 Å². The zero-order valence-electron chi connectivity index (χ0n) is 17.8. The minimum absolute atomic E-state index is 0.00290. The van der Waals surface area contributed by atoms with Gasteiger partial charge in [0.1, 0.15) is 5.75 Å². The molecule has 0 radical (unpaired) electrons. The standard InChI is InChI=1S/C22H20F3N5O2S/c1-29-20(22(23,24)25)26-27-21(29)33-13-19(31)30-18(15-8-10-16(32-2)11-9-15)12-17(28-30)14-6-4-3-5-7-14/h3-11,18H,12-13H2,1-2H3. The zero-order chi connectivity index (χ0) is 23.6. The second-order valence-corrected chi connectivity index (χ2v) is 8.24. The van der Waals surface area contributed by atoms with Crippen molar-refractivity contribution < 1.29 is 22.7 Å². The molecule has 0 aliphatic carbocycles. The van der Waals surface area contributed by atoms with Gasteiger partial charge in [0.15, 0.2) is 5.16 Å². The Balaban J connectivity index is 1.56. The molecule has 3 aromatic rings. The molecule has 7 nitrogen and oxygen atoms in total. The van der Waals surface area contributed by atoms with E-state index in [0.717, 1.165) is 33.2 Å². The maximum atomic E-state index is 13.1. The lowest BCUT2D eigenvalue weighted by Gasteiger charge is -2.22. The van der Waals surface area contributed by atoms with Crippen LogP contribution in [0, 0.1) is 0 Å². The average molecular weight is 475 g/mol. The van der Waals surface area contributed by atoms with Gasteiger partial charge in [-0.1, -0.05) is 54.2 Å². The minimum atomic E-state index is -4.62. The van der Waals surface area contributed by atoms with Crippen LogP contribution >= 0.6 is 11.8 Å². The second-order valence-electron chi connectivity index (χ2n) is 7.30. The normalized spacial score (nSPS) is 16.1. The van der Waals surface area contributed by atoms with Crippen molar-refractivity contribution in [3.05, 3.63) is 71.5 Å². The van der Waals surface area contributed by atoms with E-state index in [9.17, 15) is 18.0 Å². The number of carbonyl (C=O) groups excluding carboxylic acids is 1. The summed E-state index contributed by atoms with van der Waals surface area (Å²) in [5.41, 5.74) is 2.54. The molecule has 4 rings (SSSR count). The van der Waals surface area contributed by atoms with Crippen molar-refractivity contribution in [1.29, 1.82) is 0 Å². The van der Waals surface area contributed by atoms with Crippen LogP contribution in [0.4, 0.5) is 13.2 Å². The van der Waals surface area contributed by atoms with Crippen molar-refractivity contribution in [3.63, 3.8) is 0 Å². The summed E-state index contributed by atoms with van der Waals surface area (Å²) in [6.45, 7) is 0. The fraction of sp³-hybridized carbons (Fsp3) is 0.273. The summed E-state index contributed by atoms with van der Waals surface area (Å²) in [5.74, 6) is -0.901. The SMILES string of the molecule is COc1ccc(C2CC(c3ccccc3)=NN2C(=O)CSc2nnc(C(F)(F)F)n2C)cc1. The first-order chi connectivity index (χ1) is 15.8. The summed E-state index contributed by atoms with van der Waals surface area (Å²) in [6, 6.07) is 16.6. The molecule has 1 aromatic heterocycles. The number of hydrogen-bond donors (Lipinski definition) is 0. The molecule has 0 saturated carbocycles. The molecule has 2 heterocycles. The molecule has 0 saturated heterocycles. The smallest absolute Gasteiger partial charge is 0.451 e. The number of alkyl halides is 3. The summed E-state index contributed by atoms with van der Waals surface area (Å²) >= 11 is 0.888. The van der Waals surface area contributed by atoms with Crippen molar-refractivity contribution in [2.24, 2.45) is 12.1 Å². The van der Waals surface area contributed by atoms with E-state index in [2.05, 4.69) is 15.3 Å². The molecule has 0 bridgehead atoms. The van der Waals surface area contributed by atoms with Gasteiger partial charge in [0.05, 0.1) is 24.6 Å². The Hall–Kier alpha value is -3.34. The van der Waals surface area contributed by atoms with E-state index < -0.39 is 12.0 Å². The summed E-state index contributed by atoms with van der Waals surface area (Å²) < 4.78 is 45.0. The predicted octanol–water partition coefficient (Wildman–Crippen LogP) is 4.31. The van der Waals surface area contributed by atoms with Gasteiger partial charge in [0.2, 0.25) is 5.82 Å².